The molecule has 0 spiro atoms. The Hall–Kier alpha value is -2.38. The van der Waals surface area contributed by atoms with Crippen LogP contribution < -0.4 is 16.0 Å². The van der Waals surface area contributed by atoms with Crippen LogP contribution in [-0.2, 0) is 14.4 Å². The number of carbonyl (C=O) groups is 4. The number of hydrogen-bond donors (Lipinski definition) is 4. The van der Waals surface area contributed by atoms with E-state index >= 15 is 0 Å². The molecular weight excluding hydrogens is 278 g/mol. The zero-order chi connectivity index (χ0) is 16.0. The van der Waals surface area contributed by atoms with Crippen LogP contribution in [0.2, 0.25) is 0 Å². The van der Waals surface area contributed by atoms with Gasteiger partial charge in [0.25, 0.3) is 5.91 Å². The molecule has 0 aliphatic heterocycles. The molecule has 0 bridgehead atoms. The van der Waals surface area contributed by atoms with Gasteiger partial charge in [-0.3, -0.25) is 14.9 Å². The van der Waals surface area contributed by atoms with E-state index in [2.05, 4.69) is 10.6 Å². The third kappa shape index (κ3) is 6.07. The monoisotopic (exact) mass is 297 g/mol. The van der Waals surface area contributed by atoms with Gasteiger partial charge in [-0.25, -0.2) is 9.59 Å². The Morgan fingerprint density at radius 1 is 1.10 bits per heavy atom. The molecule has 4 N–H and O–H groups in total. The summed E-state index contributed by atoms with van der Waals surface area (Å²) in [7, 11) is 0. The topological polar surface area (TPSA) is 125 Å². The van der Waals surface area contributed by atoms with Crippen LogP contribution in [0.1, 0.15) is 33.1 Å². The summed E-state index contributed by atoms with van der Waals surface area (Å²) in [5.41, 5.74) is -0.187. The molecular formula is C13H19N3O5. The molecule has 1 aliphatic carbocycles. The maximum absolute atomic E-state index is 11.6. The van der Waals surface area contributed by atoms with Gasteiger partial charge in [-0.2, -0.15) is 0 Å². The van der Waals surface area contributed by atoms with E-state index in [-0.39, 0.29) is 36.1 Å². The Labute approximate surface area is 122 Å². The number of hydrogen-bond acceptors (Lipinski definition) is 4. The van der Waals surface area contributed by atoms with Crippen LogP contribution in [0.4, 0.5) is 4.79 Å². The van der Waals surface area contributed by atoms with Crippen molar-refractivity contribution in [3.63, 3.8) is 0 Å². The average Bonchev–Trinajstić information content (AvgIpc) is 3.20. The van der Waals surface area contributed by atoms with Crippen LogP contribution in [0.25, 0.3) is 0 Å². The minimum Gasteiger partial charge on any atom is -0.478 e. The van der Waals surface area contributed by atoms with E-state index in [1.54, 1.807) is 0 Å². The van der Waals surface area contributed by atoms with E-state index in [9.17, 15) is 19.2 Å². The summed E-state index contributed by atoms with van der Waals surface area (Å²) in [5, 5.41) is 15.9. The molecule has 0 aromatic heterocycles. The number of carbonyl (C=O) groups excluding carboxylic acids is 3. The third-order valence-electron chi connectivity index (χ3n) is 3.03. The maximum Gasteiger partial charge on any atom is 0.331 e. The van der Waals surface area contributed by atoms with E-state index < -0.39 is 17.9 Å². The number of rotatable bonds is 6. The average molecular weight is 297 g/mol. The Morgan fingerprint density at radius 3 is 2.24 bits per heavy atom. The summed E-state index contributed by atoms with van der Waals surface area (Å²) < 4.78 is 0. The van der Waals surface area contributed by atoms with Crippen LogP contribution in [-0.4, -0.2) is 41.5 Å². The van der Waals surface area contributed by atoms with Crippen molar-refractivity contribution in [1.82, 2.24) is 16.0 Å². The number of carboxylic acid groups (broad SMARTS) is 1. The van der Waals surface area contributed by atoms with Crippen molar-refractivity contribution in [3.8, 4) is 0 Å². The molecule has 0 unspecified atom stereocenters. The van der Waals surface area contributed by atoms with Crippen molar-refractivity contribution in [3.05, 3.63) is 11.1 Å². The van der Waals surface area contributed by atoms with Gasteiger partial charge in [0.1, 0.15) is 0 Å². The first-order valence-corrected chi connectivity index (χ1v) is 6.60. The molecule has 4 amide bonds. The lowest BCUT2D eigenvalue weighted by atomic mass is 10.1. The first-order valence-electron chi connectivity index (χ1n) is 6.60. The van der Waals surface area contributed by atoms with Gasteiger partial charge in [0.15, 0.2) is 0 Å². The highest BCUT2D eigenvalue weighted by Gasteiger charge is 2.23. The molecule has 1 saturated carbocycles. The summed E-state index contributed by atoms with van der Waals surface area (Å²) >= 11 is 0. The summed E-state index contributed by atoms with van der Waals surface area (Å²) in [6, 6.07) is -0.503. The first-order chi connectivity index (χ1) is 9.81. The highest BCUT2D eigenvalue weighted by Crippen LogP contribution is 2.18. The minimum absolute atomic E-state index is 0.0517. The fourth-order valence-electron chi connectivity index (χ4n) is 1.39. The van der Waals surface area contributed by atoms with Crippen molar-refractivity contribution in [2.24, 2.45) is 0 Å². The Balaban J connectivity index is 2.29. The van der Waals surface area contributed by atoms with E-state index in [1.165, 1.54) is 13.8 Å². The lowest BCUT2D eigenvalue weighted by Crippen LogP contribution is -2.41. The van der Waals surface area contributed by atoms with Gasteiger partial charge in [0.2, 0.25) is 5.91 Å². The fourth-order valence-corrected chi connectivity index (χ4v) is 1.39. The van der Waals surface area contributed by atoms with E-state index in [4.69, 9.17) is 5.11 Å². The molecule has 0 saturated heterocycles. The van der Waals surface area contributed by atoms with Crippen molar-refractivity contribution in [2.45, 2.75) is 39.2 Å². The smallest absolute Gasteiger partial charge is 0.331 e. The molecule has 0 aromatic carbocycles. The molecule has 8 heteroatoms. The van der Waals surface area contributed by atoms with Crippen LogP contribution in [0.5, 0.6) is 0 Å². The maximum atomic E-state index is 11.6. The largest absolute Gasteiger partial charge is 0.478 e. The zero-order valence-electron chi connectivity index (χ0n) is 12.0. The van der Waals surface area contributed by atoms with Crippen LogP contribution in [0.3, 0.4) is 0 Å². The number of carboxylic acids is 1. The van der Waals surface area contributed by atoms with E-state index in [0.717, 1.165) is 12.8 Å². The summed E-state index contributed by atoms with van der Waals surface area (Å²) in [4.78, 5) is 45.0. The van der Waals surface area contributed by atoms with Gasteiger partial charge < -0.3 is 15.7 Å². The second kappa shape index (κ2) is 7.41. The first kappa shape index (κ1) is 16.7. The number of nitrogens with one attached hydrogen (secondary N) is 3. The normalized spacial score (nSPS) is 14.8. The van der Waals surface area contributed by atoms with Gasteiger partial charge in [0, 0.05) is 30.2 Å². The van der Waals surface area contributed by atoms with Gasteiger partial charge >= 0.3 is 12.0 Å². The number of imide groups is 1. The lowest BCUT2D eigenvalue weighted by Gasteiger charge is -2.08. The third-order valence-corrected chi connectivity index (χ3v) is 3.03. The van der Waals surface area contributed by atoms with Crippen LogP contribution >= 0.6 is 0 Å². The van der Waals surface area contributed by atoms with Gasteiger partial charge in [-0.15, -0.1) is 0 Å². The lowest BCUT2D eigenvalue weighted by molar-refractivity contribution is -0.133. The van der Waals surface area contributed by atoms with Crippen molar-refractivity contribution < 1.29 is 24.3 Å². The Kier molecular flexibility index (Phi) is 5.89. The fraction of sp³-hybridized carbons (Fsp3) is 0.538. The number of aliphatic carboxylic acids is 1. The second-order valence-electron chi connectivity index (χ2n) is 4.86. The molecule has 0 heterocycles. The van der Waals surface area contributed by atoms with Crippen molar-refractivity contribution in [2.75, 3.05) is 6.54 Å². The van der Waals surface area contributed by atoms with E-state index in [1.807, 2.05) is 5.32 Å². The molecule has 0 atom stereocenters. The summed E-state index contributed by atoms with van der Waals surface area (Å²) in [5.74, 6) is -2.16. The molecule has 0 radical (unpaired) electrons. The van der Waals surface area contributed by atoms with Crippen LogP contribution in [0, 0.1) is 0 Å². The summed E-state index contributed by atoms with van der Waals surface area (Å²) in [6.45, 7) is 2.69. The predicted molar refractivity (Wildman–Crippen MR) is 73.3 cm³/mol. The molecule has 1 rings (SSSR count). The Bertz CT molecular complexity index is 494. The molecule has 0 aromatic rings. The quantitative estimate of drug-likeness (QED) is 0.510. The predicted octanol–water partition coefficient (Wildman–Crippen LogP) is -0.0981. The standard InChI is InChI=1S/C13H19N3O5/c1-7(8(2)12(19)20)11(18)16-13(21)14-6-5-10(17)15-9-3-4-9/h9H,3-6H2,1-2H3,(H,15,17)(H,19,20)(H2,14,16,18,21). The number of amides is 4. The van der Waals surface area contributed by atoms with E-state index in [0.29, 0.717) is 0 Å². The van der Waals surface area contributed by atoms with Crippen LogP contribution in [0.15, 0.2) is 11.1 Å². The highest BCUT2D eigenvalue weighted by molar-refractivity contribution is 6.07. The highest BCUT2D eigenvalue weighted by atomic mass is 16.4. The minimum atomic E-state index is -1.22. The SMILES string of the molecule is CC(C(=O)O)=C(C)C(=O)NC(=O)NCCC(=O)NC1CC1. The second-order valence-corrected chi connectivity index (χ2v) is 4.86. The van der Waals surface area contributed by atoms with Gasteiger partial charge in [0.05, 0.1) is 0 Å². The zero-order valence-corrected chi connectivity index (χ0v) is 12.0. The molecule has 8 nitrogen and oxygen atoms in total. The van der Waals surface area contributed by atoms with Gasteiger partial charge in [-0.1, -0.05) is 0 Å². The Morgan fingerprint density at radius 2 is 1.71 bits per heavy atom. The summed E-state index contributed by atoms with van der Waals surface area (Å²) in [6.07, 6.45) is 2.10. The molecule has 1 aliphatic rings. The molecule has 116 valence electrons. The number of urea groups is 1. The van der Waals surface area contributed by atoms with Crippen molar-refractivity contribution in [1.29, 1.82) is 0 Å². The van der Waals surface area contributed by atoms with Gasteiger partial charge in [-0.05, 0) is 26.7 Å². The molecule has 1 fully saturated rings. The molecule has 21 heavy (non-hydrogen) atoms. The van der Waals surface area contributed by atoms with Crippen molar-refractivity contribution >= 4 is 23.8 Å².